The molecule has 7 heteroatoms. The lowest BCUT2D eigenvalue weighted by molar-refractivity contribution is 0.102. The van der Waals surface area contributed by atoms with Gasteiger partial charge in [-0.25, -0.2) is 9.97 Å². The summed E-state index contributed by atoms with van der Waals surface area (Å²) in [4.78, 5) is 26.2. The first-order valence-corrected chi connectivity index (χ1v) is 9.28. The van der Waals surface area contributed by atoms with Crippen LogP contribution in [0.3, 0.4) is 0 Å². The molecule has 4 aromatic rings. The van der Waals surface area contributed by atoms with Crippen molar-refractivity contribution >= 4 is 34.4 Å². The van der Waals surface area contributed by atoms with Crippen molar-refractivity contribution in [2.75, 3.05) is 12.4 Å². The number of hydrogen-bond donors (Lipinski definition) is 1. The number of hydrogen-bond acceptors (Lipinski definition) is 5. The van der Waals surface area contributed by atoms with Crippen molar-refractivity contribution in [1.82, 2.24) is 15.0 Å². The third kappa shape index (κ3) is 3.88. The zero-order valence-electron chi connectivity index (χ0n) is 15.8. The Balaban J connectivity index is 1.81. The van der Waals surface area contributed by atoms with E-state index in [0.717, 1.165) is 10.9 Å². The molecule has 2 heterocycles. The first kappa shape index (κ1) is 18.8. The van der Waals surface area contributed by atoms with Crippen LogP contribution in [0, 0.1) is 6.92 Å². The summed E-state index contributed by atoms with van der Waals surface area (Å²) < 4.78 is 5.16. The Labute approximate surface area is 172 Å². The summed E-state index contributed by atoms with van der Waals surface area (Å²) in [6.07, 6.45) is 0. The zero-order chi connectivity index (χ0) is 20.4. The van der Waals surface area contributed by atoms with Gasteiger partial charge in [0.05, 0.1) is 23.9 Å². The number of nitrogens with zero attached hydrogens (tertiary/aromatic N) is 3. The minimum atomic E-state index is -0.343. The molecule has 0 aliphatic carbocycles. The lowest BCUT2D eigenvalue weighted by Crippen LogP contribution is -2.15. The van der Waals surface area contributed by atoms with E-state index < -0.39 is 0 Å². The van der Waals surface area contributed by atoms with Crippen LogP contribution in [0.1, 0.15) is 16.1 Å². The lowest BCUT2D eigenvalue weighted by Gasteiger charge is -2.11. The minimum Gasteiger partial charge on any atom is -0.481 e. The van der Waals surface area contributed by atoms with Crippen LogP contribution in [-0.2, 0) is 0 Å². The Morgan fingerprint density at radius 2 is 1.76 bits per heavy atom. The highest BCUT2D eigenvalue weighted by Gasteiger charge is 2.16. The van der Waals surface area contributed by atoms with E-state index in [1.165, 1.54) is 7.11 Å². The van der Waals surface area contributed by atoms with Crippen molar-refractivity contribution < 1.29 is 9.53 Å². The zero-order valence-corrected chi connectivity index (χ0v) is 16.6. The van der Waals surface area contributed by atoms with Gasteiger partial charge in [-0.3, -0.25) is 10.1 Å². The van der Waals surface area contributed by atoms with Crippen molar-refractivity contribution in [2.45, 2.75) is 6.92 Å². The lowest BCUT2D eigenvalue weighted by atomic mass is 10.0. The molecule has 0 fully saturated rings. The standard InChI is InChI=1S/C22H17ClN4O2/c1-13-11-20(29-2)26-22(24-13)27-21(28)16-12-19(15-8-3-5-9-17(15)23)25-18-10-6-4-7-14(16)18/h3-12H,1-2H3,(H,24,26,27,28). The summed E-state index contributed by atoms with van der Waals surface area (Å²) in [6.45, 7) is 1.80. The van der Waals surface area contributed by atoms with E-state index in [-0.39, 0.29) is 11.9 Å². The van der Waals surface area contributed by atoms with Crippen LogP contribution in [0.25, 0.3) is 22.2 Å². The van der Waals surface area contributed by atoms with E-state index in [0.29, 0.717) is 33.4 Å². The molecule has 1 N–H and O–H groups in total. The Morgan fingerprint density at radius 1 is 1.00 bits per heavy atom. The summed E-state index contributed by atoms with van der Waals surface area (Å²) in [5, 5.41) is 4.04. The van der Waals surface area contributed by atoms with E-state index in [1.807, 2.05) is 42.5 Å². The topological polar surface area (TPSA) is 77.0 Å². The molecule has 0 spiro atoms. The van der Waals surface area contributed by atoms with Crippen LogP contribution in [-0.4, -0.2) is 28.0 Å². The summed E-state index contributed by atoms with van der Waals surface area (Å²) in [5.41, 5.74) is 3.19. The number of aryl methyl sites for hydroxylation is 1. The monoisotopic (exact) mass is 404 g/mol. The molecule has 0 unspecified atom stereocenters. The van der Waals surface area contributed by atoms with Crippen LogP contribution < -0.4 is 10.1 Å². The first-order valence-electron chi connectivity index (χ1n) is 8.91. The summed E-state index contributed by atoms with van der Waals surface area (Å²) >= 11 is 6.35. The fourth-order valence-electron chi connectivity index (χ4n) is 3.04. The molecule has 2 aromatic heterocycles. The van der Waals surface area contributed by atoms with Gasteiger partial charge in [-0.15, -0.1) is 0 Å². The van der Waals surface area contributed by atoms with Gasteiger partial charge in [-0.1, -0.05) is 48.0 Å². The van der Waals surface area contributed by atoms with Crippen LogP contribution in [0.5, 0.6) is 5.88 Å². The van der Waals surface area contributed by atoms with Crippen LogP contribution in [0.4, 0.5) is 5.95 Å². The van der Waals surface area contributed by atoms with E-state index in [2.05, 4.69) is 20.3 Å². The number of carbonyl (C=O) groups is 1. The Bertz CT molecular complexity index is 1230. The number of pyridine rings is 1. The normalized spacial score (nSPS) is 10.7. The third-order valence-corrected chi connectivity index (χ3v) is 4.71. The van der Waals surface area contributed by atoms with Crippen molar-refractivity contribution in [3.63, 3.8) is 0 Å². The summed E-state index contributed by atoms with van der Waals surface area (Å²) in [6, 6.07) is 18.3. The number of rotatable bonds is 4. The number of nitrogens with one attached hydrogen (secondary N) is 1. The third-order valence-electron chi connectivity index (χ3n) is 4.38. The van der Waals surface area contributed by atoms with Gasteiger partial charge in [0, 0.05) is 27.7 Å². The molecule has 0 atom stereocenters. The predicted molar refractivity (Wildman–Crippen MR) is 113 cm³/mol. The number of benzene rings is 2. The van der Waals surface area contributed by atoms with Gasteiger partial charge >= 0.3 is 0 Å². The van der Waals surface area contributed by atoms with Crippen LogP contribution in [0.15, 0.2) is 60.7 Å². The number of halogens is 1. The molecule has 0 aliphatic heterocycles. The van der Waals surface area contributed by atoms with Gasteiger partial charge in [0.1, 0.15) is 0 Å². The molecular formula is C22H17ClN4O2. The molecule has 4 rings (SSSR count). The maximum atomic E-state index is 13.1. The molecular weight excluding hydrogens is 388 g/mol. The maximum absolute atomic E-state index is 13.1. The average Bonchev–Trinajstić information content (AvgIpc) is 2.72. The number of amides is 1. The van der Waals surface area contributed by atoms with E-state index >= 15 is 0 Å². The predicted octanol–water partition coefficient (Wildman–Crippen LogP) is 4.91. The number of fused-ring (bicyclic) bond motifs is 1. The van der Waals surface area contributed by atoms with Crippen molar-refractivity contribution in [3.05, 3.63) is 76.9 Å². The number of anilines is 1. The largest absolute Gasteiger partial charge is 0.481 e. The molecule has 0 saturated carbocycles. The summed E-state index contributed by atoms with van der Waals surface area (Å²) in [7, 11) is 1.51. The van der Waals surface area contributed by atoms with Gasteiger partial charge in [-0.2, -0.15) is 4.98 Å². The number of carbonyl (C=O) groups excluding carboxylic acids is 1. The molecule has 6 nitrogen and oxygen atoms in total. The highest BCUT2D eigenvalue weighted by Crippen LogP contribution is 2.30. The quantitative estimate of drug-likeness (QED) is 0.522. The SMILES string of the molecule is COc1cc(C)nc(NC(=O)c2cc(-c3ccccc3Cl)nc3ccccc23)n1. The van der Waals surface area contributed by atoms with Gasteiger partial charge in [0.25, 0.3) is 5.91 Å². The van der Waals surface area contributed by atoms with Crippen molar-refractivity contribution in [3.8, 4) is 17.1 Å². The minimum absolute atomic E-state index is 0.173. The highest BCUT2D eigenvalue weighted by atomic mass is 35.5. The Morgan fingerprint density at radius 3 is 2.55 bits per heavy atom. The smallest absolute Gasteiger partial charge is 0.258 e. The van der Waals surface area contributed by atoms with E-state index in [1.54, 1.807) is 25.1 Å². The van der Waals surface area contributed by atoms with Gasteiger partial charge in [0.15, 0.2) is 0 Å². The number of aromatic nitrogens is 3. The molecule has 29 heavy (non-hydrogen) atoms. The molecule has 144 valence electrons. The molecule has 0 radical (unpaired) electrons. The molecule has 2 aromatic carbocycles. The fraction of sp³-hybridized carbons (Fsp3) is 0.0909. The van der Waals surface area contributed by atoms with Crippen molar-refractivity contribution in [1.29, 1.82) is 0 Å². The molecule has 0 saturated heterocycles. The number of methoxy groups -OCH3 is 1. The van der Waals surface area contributed by atoms with Gasteiger partial charge in [-0.05, 0) is 25.1 Å². The number of ether oxygens (including phenoxy) is 1. The fourth-order valence-corrected chi connectivity index (χ4v) is 3.27. The molecule has 0 bridgehead atoms. The molecule has 0 aliphatic rings. The van der Waals surface area contributed by atoms with Gasteiger partial charge in [0.2, 0.25) is 11.8 Å². The average molecular weight is 405 g/mol. The second-order valence-electron chi connectivity index (χ2n) is 6.38. The molecule has 1 amide bonds. The first-order chi connectivity index (χ1) is 14.0. The van der Waals surface area contributed by atoms with Crippen molar-refractivity contribution in [2.24, 2.45) is 0 Å². The van der Waals surface area contributed by atoms with Gasteiger partial charge < -0.3 is 4.74 Å². The van der Waals surface area contributed by atoms with Crippen LogP contribution in [0.2, 0.25) is 5.02 Å². The van der Waals surface area contributed by atoms with E-state index in [4.69, 9.17) is 16.3 Å². The Kier molecular flexibility index (Phi) is 5.10. The maximum Gasteiger partial charge on any atom is 0.258 e. The second kappa shape index (κ2) is 7.85. The highest BCUT2D eigenvalue weighted by molar-refractivity contribution is 6.33. The summed E-state index contributed by atoms with van der Waals surface area (Å²) in [5.74, 6) is 0.209. The second-order valence-corrected chi connectivity index (χ2v) is 6.79. The van der Waals surface area contributed by atoms with E-state index in [9.17, 15) is 4.79 Å². The Hall–Kier alpha value is -3.51. The number of para-hydroxylation sites is 1. The van der Waals surface area contributed by atoms with Crippen LogP contribution >= 0.6 is 11.6 Å².